The van der Waals surface area contributed by atoms with E-state index in [0.29, 0.717) is 5.13 Å². The summed E-state index contributed by atoms with van der Waals surface area (Å²) in [6.07, 6.45) is 0. The van der Waals surface area contributed by atoms with Crippen LogP contribution in [0.15, 0.2) is 12.1 Å². The van der Waals surface area contributed by atoms with Gasteiger partial charge in [-0.25, -0.2) is 0 Å². The van der Waals surface area contributed by atoms with Crippen molar-refractivity contribution in [3.8, 4) is 10.6 Å². The van der Waals surface area contributed by atoms with Gasteiger partial charge in [0.1, 0.15) is 0 Å². The van der Waals surface area contributed by atoms with Crippen LogP contribution in [0.5, 0.6) is 0 Å². The zero-order valence-electron chi connectivity index (χ0n) is 7.98. The fourth-order valence-corrected chi connectivity index (χ4v) is 1.94. The van der Waals surface area contributed by atoms with E-state index in [9.17, 15) is 0 Å². The maximum absolute atomic E-state index is 5.52. The molecule has 0 unspecified atom stereocenters. The van der Waals surface area contributed by atoms with Crippen LogP contribution in [0.4, 0.5) is 5.13 Å². The number of nitrogen functional groups attached to an aromatic ring is 1. The molecule has 0 spiro atoms. The van der Waals surface area contributed by atoms with Crippen LogP contribution < -0.4 is 5.73 Å². The lowest BCUT2D eigenvalue weighted by Gasteiger charge is -2.00. The number of hydrogen-bond donors (Lipinski definition) is 1. The smallest absolute Gasteiger partial charge is 0.203 e. The summed E-state index contributed by atoms with van der Waals surface area (Å²) in [5.41, 5.74) is 8.49. The third-order valence-electron chi connectivity index (χ3n) is 1.90. The summed E-state index contributed by atoms with van der Waals surface area (Å²) in [7, 11) is 0. The second-order valence-electron chi connectivity index (χ2n) is 3.03. The Morgan fingerprint density at radius 2 is 2.00 bits per heavy atom. The lowest BCUT2D eigenvalue weighted by molar-refractivity contribution is 1.08. The molecule has 2 rings (SSSR count). The summed E-state index contributed by atoms with van der Waals surface area (Å²) in [6, 6.07) is 3.96. The van der Waals surface area contributed by atoms with Gasteiger partial charge in [-0.3, -0.25) is 4.98 Å². The van der Waals surface area contributed by atoms with Crippen LogP contribution in [0.3, 0.4) is 0 Å². The highest BCUT2D eigenvalue weighted by atomic mass is 32.1. The largest absolute Gasteiger partial charge is 0.374 e. The number of anilines is 1. The number of aromatic nitrogens is 3. The number of aryl methyl sites for hydroxylation is 2. The fraction of sp³-hybridized carbons (Fsp3) is 0.222. The van der Waals surface area contributed by atoms with Crippen molar-refractivity contribution in [2.24, 2.45) is 0 Å². The molecule has 2 aromatic heterocycles. The Labute approximate surface area is 85.8 Å². The SMILES string of the molecule is Cc1ccc(-c2nnc(N)s2)c(C)n1. The van der Waals surface area contributed by atoms with Gasteiger partial charge in [-0.05, 0) is 26.0 Å². The van der Waals surface area contributed by atoms with Crippen LogP contribution in [0.1, 0.15) is 11.4 Å². The summed E-state index contributed by atoms with van der Waals surface area (Å²) < 4.78 is 0. The first-order valence-corrected chi connectivity index (χ1v) is 5.02. The molecule has 2 aromatic rings. The number of rotatable bonds is 1. The van der Waals surface area contributed by atoms with Gasteiger partial charge in [-0.2, -0.15) is 0 Å². The van der Waals surface area contributed by atoms with Crippen molar-refractivity contribution in [2.45, 2.75) is 13.8 Å². The van der Waals surface area contributed by atoms with Gasteiger partial charge in [0.15, 0.2) is 5.01 Å². The summed E-state index contributed by atoms with van der Waals surface area (Å²) >= 11 is 1.38. The highest BCUT2D eigenvalue weighted by Crippen LogP contribution is 2.26. The van der Waals surface area contributed by atoms with Gasteiger partial charge in [0, 0.05) is 17.0 Å². The van der Waals surface area contributed by atoms with Crippen LogP contribution in [0.2, 0.25) is 0 Å². The van der Waals surface area contributed by atoms with Crippen LogP contribution >= 0.6 is 11.3 Å². The van der Waals surface area contributed by atoms with Gasteiger partial charge in [0.05, 0.1) is 0 Å². The normalized spacial score (nSPS) is 10.4. The molecule has 2 N–H and O–H groups in total. The van der Waals surface area contributed by atoms with E-state index >= 15 is 0 Å². The molecular formula is C9H10N4S. The van der Waals surface area contributed by atoms with Gasteiger partial charge in [0.25, 0.3) is 0 Å². The molecule has 0 aliphatic rings. The molecule has 4 nitrogen and oxygen atoms in total. The maximum atomic E-state index is 5.52. The van der Waals surface area contributed by atoms with Gasteiger partial charge < -0.3 is 5.73 Å². The molecule has 0 bridgehead atoms. The van der Waals surface area contributed by atoms with Crippen molar-refractivity contribution in [1.82, 2.24) is 15.2 Å². The molecule has 0 amide bonds. The van der Waals surface area contributed by atoms with Crippen molar-refractivity contribution < 1.29 is 0 Å². The molecule has 14 heavy (non-hydrogen) atoms. The van der Waals surface area contributed by atoms with Crippen LogP contribution in [0, 0.1) is 13.8 Å². The molecule has 0 aliphatic heterocycles. The van der Waals surface area contributed by atoms with E-state index in [2.05, 4.69) is 15.2 Å². The predicted octanol–water partition coefficient (Wildman–Crippen LogP) is 1.80. The molecule has 0 radical (unpaired) electrons. The van der Waals surface area contributed by atoms with Crippen molar-refractivity contribution >= 4 is 16.5 Å². The van der Waals surface area contributed by atoms with Gasteiger partial charge in [0.2, 0.25) is 5.13 Å². The molecule has 72 valence electrons. The molecule has 0 saturated carbocycles. The molecule has 2 heterocycles. The van der Waals surface area contributed by atoms with Gasteiger partial charge in [-0.15, -0.1) is 10.2 Å². The average Bonchev–Trinajstić information content (AvgIpc) is 2.51. The Balaban J connectivity index is 2.52. The molecule has 0 saturated heterocycles. The van der Waals surface area contributed by atoms with Crippen molar-refractivity contribution in [1.29, 1.82) is 0 Å². The summed E-state index contributed by atoms with van der Waals surface area (Å²) in [5.74, 6) is 0. The summed E-state index contributed by atoms with van der Waals surface area (Å²) in [6.45, 7) is 3.92. The van der Waals surface area contributed by atoms with E-state index in [1.807, 2.05) is 26.0 Å². The first-order valence-electron chi connectivity index (χ1n) is 4.20. The molecule has 0 fully saturated rings. The second-order valence-corrected chi connectivity index (χ2v) is 4.04. The minimum Gasteiger partial charge on any atom is -0.374 e. The number of hydrogen-bond acceptors (Lipinski definition) is 5. The Hall–Kier alpha value is -1.49. The minimum absolute atomic E-state index is 0.486. The van der Waals surface area contributed by atoms with E-state index in [4.69, 9.17) is 5.73 Å². The van der Waals surface area contributed by atoms with Crippen LogP contribution in [-0.2, 0) is 0 Å². The van der Waals surface area contributed by atoms with E-state index in [-0.39, 0.29) is 0 Å². The number of nitrogens with two attached hydrogens (primary N) is 1. The predicted molar refractivity (Wildman–Crippen MR) is 57.0 cm³/mol. The fourth-order valence-electron chi connectivity index (χ4n) is 1.26. The van der Waals surface area contributed by atoms with Crippen molar-refractivity contribution in [2.75, 3.05) is 5.73 Å². The van der Waals surface area contributed by atoms with Gasteiger partial charge >= 0.3 is 0 Å². The van der Waals surface area contributed by atoms with Crippen molar-refractivity contribution in [3.63, 3.8) is 0 Å². The monoisotopic (exact) mass is 206 g/mol. The summed E-state index contributed by atoms with van der Waals surface area (Å²) in [5, 5.41) is 9.07. The zero-order chi connectivity index (χ0) is 10.1. The van der Waals surface area contributed by atoms with E-state index in [1.165, 1.54) is 11.3 Å². The zero-order valence-corrected chi connectivity index (χ0v) is 8.80. The number of nitrogens with zero attached hydrogens (tertiary/aromatic N) is 3. The molecule has 0 atom stereocenters. The third kappa shape index (κ3) is 1.58. The lowest BCUT2D eigenvalue weighted by atomic mass is 10.2. The quantitative estimate of drug-likeness (QED) is 0.772. The minimum atomic E-state index is 0.486. The van der Waals surface area contributed by atoms with Crippen LogP contribution in [0.25, 0.3) is 10.6 Å². The number of pyridine rings is 1. The highest BCUT2D eigenvalue weighted by molar-refractivity contribution is 7.18. The Morgan fingerprint density at radius 1 is 1.21 bits per heavy atom. The van der Waals surface area contributed by atoms with Gasteiger partial charge in [-0.1, -0.05) is 11.3 Å². The average molecular weight is 206 g/mol. The first-order chi connectivity index (χ1) is 6.66. The second kappa shape index (κ2) is 3.34. The standard InChI is InChI=1S/C9H10N4S/c1-5-3-4-7(6(2)11-5)8-12-13-9(10)14-8/h3-4H,1-2H3,(H2,10,13). The molecule has 5 heteroatoms. The third-order valence-corrected chi connectivity index (χ3v) is 2.68. The van der Waals surface area contributed by atoms with Crippen molar-refractivity contribution in [3.05, 3.63) is 23.5 Å². The molecule has 0 aliphatic carbocycles. The summed E-state index contributed by atoms with van der Waals surface area (Å²) in [4.78, 5) is 4.36. The Kier molecular flexibility index (Phi) is 2.17. The van der Waals surface area contributed by atoms with E-state index in [0.717, 1.165) is 22.0 Å². The highest BCUT2D eigenvalue weighted by Gasteiger charge is 2.07. The maximum Gasteiger partial charge on any atom is 0.203 e. The van der Waals surface area contributed by atoms with Crippen LogP contribution in [-0.4, -0.2) is 15.2 Å². The molecule has 0 aromatic carbocycles. The first kappa shape index (κ1) is 9.08. The Morgan fingerprint density at radius 3 is 2.57 bits per heavy atom. The molecular weight excluding hydrogens is 196 g/mol. The lowest BCUT2D eigenvalue weighted by Crippen LogP contribution is -1.89. The topological polar surface area (TPSA) is 64.7 Å². The Bertz CT molecular complexity index is 464. The van der Waals surface area contributed by atoms with E-state index in [1.54, 1.807) is 0 Å². The van der Waals surface area contributed by atoms with E-state index < -0.39 is 0 Å².